The van der Waals surface area contributed by atoms with Crippen molar-refractivity contribution >= 4 is 17.2 Å². The topological polar surface area (TPSA) is 60.5 Å². The third-order valence-electron chi connectivity index (χ3n) is 3.49. The van der Waals surface area contributed by atoms with Gasteiger partial charge in [-0.2, -0.15) is 11.3 Å². The highest BCUT2D eigenvalue weighted by atomic mass is 32.1. The van der Waals surface area contributed by atoms with Crippen LogP contribution in [-0.4, -0.2) is 30.6 Å². The number of carbonyl (C=O) groups excluding carboxylic acids is 1. The van der Waals surface area contributed by atoms with Crippen LogP contribution in [0.5, 0.6) is 5.88 Å². The molecule has 110 valence electrons. The van der Waals surface area contributed by atoms with Crippen LogP contribution in [0.25, 0.3) is 0 Å². The molecule has 1 aliphatic heterocycles. The summed E-state index contributed by atoms with van der Waals surface area (Å²) in [5.74, 6) is 0.508. The van der Waals surface area contributed by atoms with Crippen LogP contribution in [0.2, 0.25) is 0 Å². The van der Waals surface area contributed by atoms with Crippen LogP contribution >= 0.6 is 11.3 Å². The Hall–Kier alpha value is -1.92. The molecule has 0 aromatic carbocycles. The number of nitrogens with zero attached hydrogens (tertiary/aromatic N) is 1. The van der Waals surface area contributed by atoms with E-state index in [9.17, 15) is 4.79 Å². The molecule has 3 heterocycles. The second-order valence-electron chi connectivity index (χ2n) is 4.81. The van der Waals surface area contributed by atoms with E-state index in [0.717, 1.165) is 12.0 Å². The third-order valence-corrected chi connectivity index (χ3v) is 4.17. The number of pyridine rings is 1. The molecule has 1 saturated heterocycles. The lowest BCUT2D eigenvalue weighted by Crippen LogP contribution is -2.36. The third kappa shape index (κ3) is 3.06. The van der Waals surface area contributed by atoms with E-state index in [-0.39, 0.29) is 18.1 Å². The molecule has 0 radical (unpaired) electrons. The van der Waals surface area contributed by atoms with E-state index in [2.05, 4.69) is 10.3 Å². The van der Waals surface area contributed by atoms with E-state index in [1.807, 2.05) is 22.9 Å². The maximum Gasteiger partial charge on any atom is 0.252 e. The second kappa shape index (κ2) is 6.24. The van der Waals surface area contributed by atoms with Crippen molar-refractivity contribution < 1.29 is 14.3 Å². The van der Waals surface area contributed by atoms with Crippen molar-refractivity contribution in [1.29, 1.82) is 0 Å². The highest BCUT2D eigenvalue weighted by Gasteiger charge is 2.31. The average Bonchev–Trinajstić information content (AvgIpc) is 3.19. The Bertz CT molecular complexity index is 598. The van der Waals surface area contributed by atoms with Crippen LogP contribution in [-0.2, 0) is 4.74 Å². The molecule has 2 aromatic rings. The van der Waals surface area contributed by atoms with Gasteiger partial charge in [0, 0.05) is 35.4 Å². The quantitative estimate of drug-likeness (QED) is 0.942. The predicted molar refractivity (Wildman–Crippen MR) is 79.7 cm³/mol. The first kappa shape index (κ1) is 14.0. The van der Waals surface area contributed by atoms with Gasteiger partial charge < -0.3 is 14.8 Å². The van der Waals surface area contributed by atoms with Crippen LogP contribution in [0.3, 0.4) is 0 Å². The number of methoxy groups -OCH3 is 1. The number of ether oxygens (including phenoxy) is 2. The fraction of sp³-hybridized carbons (Fsp3) is 0.333. The van der Waals surface area contributed by atoms with Crippen molar-refractivity contribution in [3.05, 3.63) is 46.3 Å². The van der Waals surface area contributed by atoms with Crippen LogP contribution in [0, 0.1) is 0 Å². The minimum atomic E-state index is -0.161. The Morgan fingerprint density at radius 2 is 2.38 bits per heavy atom. The summed E-state index contributed by atoms with van der Waals surface area (Å²) in [4.78, 5) is 16.3. The molecule has 0 spiro atoms. The number of amides is 1. The van der Waals surface area contributed by atoms with Gasteiger partial charge in [-0.1, -0.05) is 0 Å². The van der Waals surface area contributed by atoms with E-state index < -0.39 is 0 Å². The minimum absolute atomic E-state index is 0.0346. The van der Waals surface area contributed by atoms with Gasteiger partial charge in [0.05, 0.1) is 13.2 Å². The summed E-state index contributed by atoms with van der Waals surface area (Å²) >= 11 is 1.51. The first-order valence-electron chi connectivity index (χ1n) is 6.72. The molecule has 1 amide bonds. The highest BCUT2D eigenvalue weighted by molar-refractivity contribution is 7.08. The average molecular weight is 304 g/mol. The molecule has 2 atom stereocenters. The number of rotatable bonds is 4. The summed E-state index contributed by atoms with van der Waals surface area (Å²) < 4.78 is 10.8. The summed E-state index contributed by atoms with van der Waals surface area (Å²) in [6, 6.07) is 5.51. The van der Waals surface area contributed by atoms with Gasteiger partial charge >= 0.3 is 0 Å². The first-order valence-corrected chi connectivity index (χ1v) is 7.67. The molecule has 0 saturated carbocycles. The lowest BCUT2D eigenvalue weighted by Gasteiger charge is -2.20. The minimum Gasteiger partial charge on any atom is -0.481 e. The summed E-state index contributed by atoms with van der Waals surface area (Å²) in [7, 11) is 1.58. The Morgan fingerprint density at radius 1 is 1.48 bits per heavy atom. The summed E-state index contributed by atoms with van der Waals surface area (Å²) in [6.45, 7) is 0.630. The first-order chi connectivity index (χ1) is 10.3. The number of nitrogens with one attached hydrogen (secondary N) is 1. The maximum atomic E-state index is 12.1. The Kier molecular flexibility index (Phi) is 4.17. The van der Waals surface area contributed by atoms with Gasteiger partial charge in [-0.3, -0.25) is 4.79 Å². The zero-order chi connectivity index (χ0) is 14.7. The van der Waals surface area contributed by atoms with Crippen molar-refractivity contribution in [2.75, 3.05) is 13.7 Å². The summed E-state index contributed by atoms with van der Waals surface area (Å²) in [5, 5.41) is 6.78. The van der Waals surface area contributed by atoms with Crippen molar-refractivity contribution in [2.45, 2.75) is 18.6 Å². The molecule has 1 fully saturated rings. The smallest absolute Gasteiger partial charge is 0.252 e. The maximum absolute atomic E-state index is 12.1. The number of carbonyl (C=O) groups is 1. The highest BCUT2D eigenvalue weighted by Crippen LogP contribution is 2.29. The molecule has 0 unspecified atom stereocenters. The van der Waals surface area contributed by atoms with Crippen LogP contribution in [0.4, 0.5) is 0 Å². The van der Waals surface area contributed by atoms with Crippen LogP contribution in [0.1, 0.15) is 28.4 Å². The largest absolute Gasteiger partial charge is 0.481 e. The monoisotopic (exact) mass is 304 g/mol. The van der Waals surface area contributed by atoms with Gasteiger partial charge in [0.1, 0.15) is 6.10 Å². The Morgan fingerprint density at radius 3 is 3.05 bits per heavy atom. The molecule has 1 N–H and O–H groups in total. The standard InChI is InChI=1S/C15H16N2O3S/c1-19-13-3-2-10(8-16-13)14-12(4-6-20-14)17-15(18)11-5-7-21-9-11/h2-3,5,7-9,12,14H,4,6H2,1H3,(H,17,18)/t12-,14+/m0/s1. The lowest BCUT2D eigenvalue weighted by atomic mass is 10.0. The molecule has 5 nitrogen and oxygen atoms in total. The van der Waals surface area contributed by atoms with Crippen LogP contribution in [0.15, 0.2) is 35.2 Å². The summed E-state index contributed by atoms with van der Waals surface area (Å²) in [6.07, 6.45) is 2.37. The Labute approximate surface area is 126 Å². The van der Waals surface area contributed by atoms with Gasteiger partial charge in [-0.25, -0.2) is 4.98 Å². The lowest BCUT2D eigenvalue weighted by molar-refractivity contribution is 0.0820. The molecule has 6 heteroatoms. The number of aromatic nitrogens is 1. The van der Waals surface area contributed by atoms with Gasteiger partial charge in [0.2, 0.25) is 5.88 Å². The zero-order valence-electron chi connectivity index (χ0n) is 11.6. The number of hydrogen-bond acceptors (Lipinski definition) is 5. The van der Waals surface area contributed by atoms with E-state index in [1.165, 1.54) is 11.3 Å². The fourth-order valence-electron chi connectivity index (χ4n) is 2.39. The van der Waals surface area contributed by atoms with Crippen molar-refractivity contribution in [3.63, 3.8) is 0 Å². The SMILES string of the molecule is COc1ccc([C@H]2OCC[C@@H]2NC(=O)c2ccsc2)cn1. The van der Waals surface area contributed by atoms with Crippen molar-refractivity contribution in [2.24, 2.45) is 0 Å². The van der Waals surface area contributed by atoms with Crippen molar-refractivity contribution in [3.8, 4) is 5.88 Å². The number of hydrogen-bond donors (Lipinski definition) is 1. The van der Waals surface area contributed by atoms with E-state index in [0.29, 0.717) is 18.1 Å². The molecular formula is C15H16N2O3S. The van der Waals surface area contributed by atoms with Gasteiger partial charge in [-0.05, 0) is 23.9 Å². The molecule has 3 rings (SSSR count). The van der Waals surface area contributed by atoms with Crippen molar-refractivity contribution in [1.82, 2.24) is 10.3 Å². The van der Waals surface area contributed by atoms with E-state index in [4.69, 9.17) is 9.47 Å². The summed E-state index contributed by atoms with van der Waals surface area (Å²) in [5.41, 5.74) is 1.64. The van der Waals surface area contributed by atoms with Gasteiger partial charge in [0.15, 0.2) is 0 Å². The predicted octanol–water partition coefficient (Wildman–Crippen LogP) is 2.41. The van der Waals surface area contributed by atoms with Gasteiger partial charge in [-0.15, -0.1) is 0 Å². The van der Waals surface area contributed by atoms with Gasteiger partial charge in [0.25, 0.3) is 5.91 Å². The molecule has 0 bridgehead atoms. The molecule has 0 aliphatic carbocycles. The normalized spacial score (nSPS) is 21.2. The molecule has 2 aromatic heterocycles. The molecule has 21 heavy (non-hydrogen) atoms. The van der Waals surface area contributed by atoms with E-state index in [1.54, 1.807) is 19.4 Å². The van der Waals surface area contributed by atoms with Crippen LogP contribution < -0.4 is 10.1 Å². The molecule has 1 aliphatic rings. The second-order valence-corrected chi connectivity index (χ2v) is 5.59. The Balaban J connectivity index is 1.71. The fourth-order valence-corrected chi connectivity index (χ4v) is 3.03. The van der Waals surface area contributed by atoms with E-state index >= 15 is 0 Å². The zero-order valence-corrected chi connectivity index (χ0v) is 12.4. The molecular weight excluding hydrogens is 288 g/mol. The number of thiophene rings is 1.